The topological polar surface area (TPSA) is 3.24 Å². The second-order valence-electron chi connectivity index (χ2n) is 4.73. The first-order valence-electron chi connectivity index (χ1n) is 5.92. The van der Waals surface area contributed by atoms with Gasteiger partial charge in [0.05, 0.1) is 0 Å². The first kappa shape index (κ1) is 11.0. The average molecular weight is 183 g/mol. The van der Waals surface area contributed by atoms with Crippen LogP contribution in [0.1, 0.15) is 51.9 Å². The molecule has 2 unspecified atom stereocenters. The van der Waals surface area contributed by atoms with E-state index in [1.807, 2.05) is 0 Å². The summed E-state index contributed by atoms with van der Waals surface area (Å²) in [5, 5.41) is 0. The van der Waals surface area contributed by atoms with Gasteiger partial charge in [-0.1, -0.05) is 39.0 Å². The molecule has 0 saturated heterocycles. The molecule has 1 nitrogen and oxygen atoms in total. The largest absolute Gasteiger partial charge is 0.306 e. The molecule has 0 heterocycles. The van der Waals surface area contributed by atoms with E-state index in [4.69, 9.17) is 0 Å². The Balaban J connectivity index is 1.86. The summed E-state index contributed by atoms with van der Waals surface area (Å²) < 4.78 is 0. The van der Waals surface area contributed by atoms with Crippen LogP contribution in [-0.4, -0.2) is 25.0 Å². The minimum absolute atomic E-state index is 0.922. The molecule has 0 aliphatic heterocycles. The summed E-state index contributed by atoms with van der Waals surface area (Å²) in [7, 11) is 4.42. The van der Waals surface area contributed by atoms with Crippen molar-refractivity contribution in [1.82, 2.24) is 4.90 Å². The Hall–Kier alpha value is -0.0400. The summed E-state index contributed by atoms with van der Waals surface area (Å²) in [6.45, 7) is 2.28. The normalized spacial score (nSPS) is 26.8. The van der Waals surface area contributed by atoms with Crippen LogP contribution in [-0.2, 0) is 0 Å². The van der Waals surface area contributed by atoms with Crippen molar-refractivity contribution < 1.29 is 0 Å². The van der Waals surface area contributed by atoms with Gasteiger partial charge >= 0.3 is 0 Å². The quantitative estimate of drug-likeness (QED) is 0.547. The molecular weight excluding hydrogens is 158 g/mol. The van der Waals surface area contributed by atoms with E-state index in [-0.39, 0.29) is 0 Å². The molecule has 1 saturated carbocycles. The van der Waals surface area contributed by atoms with Crippen molar-refractivity contribution in [2.45, 2.75) is 57.9 Å². The summed E-state index contributed by atoms with van der Waals surface area (Å²) in [5.74, 6) is 1.04. The van der Waals surface area contributed by atoms with Crippen molar-refractivity contribution in [3.63, 3.8) is 0 Å². The first-order valence-corrected chi connectivity index (χ1v) is 5.92. The van der Waals surface area contributed by atoms with Crippen LogP contribution in [0.4, 0.5) is 0 Å². The molecule has 1 rings (SSSR count). The van der Waals surface area contributed by atoms with Gasteiger partial charge in [0.25, 0.3) is 0 Å². The van der Waals surface area contributed by atoms with Crippen molar-refractivity contribution in [3.8, 4) is 0 Å². The predicted octanol–water partition coefficient (Wildman–Crippen LogP) is 3.30. The summed E-state index contributed by atoms with van der Waals surface area (Å²) in [6, 6.07) is 0.922. The number of nitrogens with zero attached hydrogens (tertiary/aromatic N) is 1. The number of unbranched alkanes of at least 4 members (excludes halogenated alkanes) is 4. The van der Waals surface area contributed by atoms with Crippen LogP contribution in [0.15, 0.2) is 0 Å². The number of hydrogen-bond acceptors (Lipinski definition) is 1. The molecular formula is C12H25N. The van der Waals surface area contributed by atoms with E-state index in [1.54, 1.807) is 0 Å². The highest BCUT2D eigenvalue weighted by Gasteiger charge is 2.37. The summed E-state index contributed by atoms with van der Waals surface area (Å²) in [5.41, 5.74) is 0. The Kier molecular flexibility index (Phi) is 4.79. The van der Waals surface area contributed by atoms with Gasteiger partial charge < -0.3 is 4.90 Å². The second-order valence-corrected chi connectivity index (χ2v) is 4.73. The molecule has 1 heteroatoms. The van der Waals surface area contributed by atoms with Gasteiger partial charge in [-0.15, -0.1) is 0 Å². The standard InChI is InChI=1S/C12H25N/c1-4-5-6-7-8-9-11-10-12(11)13(2)3/h11-12H,4-10H2,1-3H3. The fraction of sp³-hybridized carbons (Fsp3) is 1.00. The molecule has 0 aromatic rings. The lowest BCUT2D eigenvalue weighted by Crippen LogP contribution is -2.15. The van der Waals surface area contributed by atoms with Crippen LogP contribution >= 0.6 is 0 Å². The summed E-state index contributed by atoms with van der Waals surface area (Å²) >= 11 is 0. The number of hydrogen-bond donors (Lipinski definition) is 0. The van der Waals surface area contributed by atoms with Gasteiger partial charge in [0.15, 0.2) is 0 Å². The van der Waals surface area contributed by atoms with Crippen LogP contribution in [0.25, 0.3) is 0 Å². The van der Waals surface area contributed by atoms with Gasteiger partial charge in [0, 0.05) is 6.04 Å². The molecule has 1 fully saturated rings. The Labute approximate surface area is 83.5 Å². The first-order chi connectivity index (χ1) is 6.25. The Morgan fingerprint density at radius 1 is 1.08 bits per heavy atom. The zero-order valence-electron chi connectivity index (χ0n) is 9.55. The van der Waals surface area contributed by atoms with Crippen LogP contribution in [0.5, 0.6) is 0 Å². The minimum Gasteiger partial charge on any atom is -0.306 e. The Morgan fingerprint density at radius 2 is 1.77 bits per heavy atom. The van der Waals surface area contributed by atoms with E-state index in [1.165, 1.54) is 44.9 Å². The molecule has 0 bridgehead atoms. The highest BCUT2D eigenvalue weighted by molar-refractivity contribution is 4.92. The molecule has 13 heavy (non-hydrogen) atoms. The third-order valence-corrected chi connectivity index (χ3v) is 3.23. The molecule has 2 atom stereocenters. The van der Waals surface area contributed by atoms with E-state index < -0.39 is 0 Å². The van der Waals surface area contributed by atoms with Gasteiger partial charge in [-0.3, -0.25) is 0 Å². The number of rotatable bonds is 7. The zero-order chi connectivity index (χ0) is 9.68. The monoisotopic (exact) mass is 183 g/mol. The molecule has 1 aliphatic rings. The van der Waals surface area contributed by atoms with E-state index >= 15 is 0 Å². The molecule has 78 valence electrons. The van der Waals surface area contributed by atoms with Crippen LogP contribution < -0.4 is 0 Å². The lowest BCUT2D eigenvalue weighted by atomic mass is 10.1. The Morgan fingerprint density at radius 3 is 2.31 bits per heavy atom. The van der Waals surface area contributed by atoms with Crippen molar-refractivity contribution >= 4 is 0 Å². The predicted molar refractivity (Wildman–Crippen MR) is 59.0 cm³/mol. The van der Waals surface area contributed by atoms with Gasteiger partial charge in [-0.2, -0.15) is 0 Å². The van der Waals surface area contributed by atoms with E-state index in [0.717, 1.165) is 12.0 Å². The lowest BCUT2D eigenvalue weighted by Gasteiger charge is -2.08. The third kappa shape index (κ3) is 4.12. The molecule has 0 radical (unpaired) electrons. The van der Waals surface area contributed by atoms with Crippen molar-refractivity contribution in [2.75, 3.05) is 14.1 Å². The summed E-state index contributed by atoms with van der Waals surface area (Å²) in [4.78, 5) is 2.39. The molecule has 0 aromatic heterocycles. The van der Waals surface area contributed by atoms with E-state index in [2.05, 4.69) is 25.9 Å². The maximum atomic E-state index is 2.39. The third-order valence-electron chi connectivity index (χ3n) is 3.23. The highest BCUT2D eigenvalue weighted by atomic mass is 15.1. The molecule has 0 spiro atoms. The Bertz CT molecular complexity index is 131. The molecule has 0 amide bonds. The fourth-order valence-electron chi connectivity index (χ4n) is 2.18. The smallest absolute Gasteiger partial charge is 0.0121 e. The fourth-order valence-corrected chi connectivity index (χ4v) is 2.18. The van der Waals surface area contributed by atoms with Crippen molar-refractivity contribution in [2.24, 2.45) is 5.92 Å². The van der Waals surface area contributed by atoms with Crippen molar-refractivity contribution in [3.05, 3.63) is 0 Å². The van der Waals surface area contributed by atoms with Gasteiger partial charge in [0.1, 0.15) is 0 Å². The van der Waals surface area contributed by atoms with E-state index in [0.29, 0.717) is 0 Å². The van der Waals surface area contributed by atoms with Crippen molar-refractivity contribution in [1.29, 1.82) is 0 Å². The van der Waals surface area contributed by atoms with Crippen LogP contribution in [0.3, 0.4) is 0 Å². The summed E-state index contributed by atoms with van der Waals surface area (Å²) in [6.07, 6.45) is 10.1. The van der Waals surface area contributed by atoms with Crippen LogP contribution in [0.2, 0.25) is 0 Å². The highest BCUT2D eigenvalue weighted by Crippen LogP contribution is 2.38. The maximum absolute atomic E-state index is 2.39. The SMILES string of the molecule is CCCCCCCC1CC1N(C)C. The van der Waals surface area contributed by atoms with E-state index in [9.17, 15) is 0 Å². The lowest BCUT2D eigenvalue weighted by molar-refractivity contribution is 0.369. The molecule has 1 aliphatic carbocycles. The minimum atomic E-state index is 0.922. The molecule has 0 aromatic carbocycles. The average Bonchev–Trinajstić information content (AvgIpc) is 2.83. The second kappa shape index (κ2) is 5.64. The van der Waals surface area contributed by atoms with Gasteiger partial charge in [-0.05, 0) is 32.9 Å². The molecule has 0 N–H and O–H groups in total. The van der Waals surface area contributed by atoms with Gasteiger partial charge in [0.2, 0.25) is 0 Å². The zero-order valence-corrected chi connectivity index (χ0v) is 9.55. The van der Waals surface area contributed by atoms with Crippen LogP contribution in [0, 0.1) is 5.92 Å². The van der Waals surface area contributed by atoms with Gasteiger partial charge in [-0.25, -0.2) is 0 Å². The maximum Gasteiger partial charge on any atom is 0.0121 e.